The highest BCUT2D eigenvalue weighted by molar-refractivity contribution is 7.20. The normalized spacial score (nSPS) is 11.7. The van der Waals surface area contributed by atoms with E-state index in [4.69, 9.17) is 0 Å². The van der Waals surface area contributed by atoms with Crippen molar-refractivity contribution in [2.24, 2.45) is 5.10 Å². The van der Waals surface area contributed by atoms with Gasteiger partial charge in [-0.15, -0.1) is 11.3 Å². The summed E-state index contributed by atoms with van der Waals surface area (Å²) in [5.74, 6) is -0.573. The molecule has 6 heteroatoms. The molecule has 1 heterocycles. The van der Waals surface area contributed by atoms with E-state index in [1.807, 2.05) is 24.3 Å². The first-order valence-electron chi connectivity index (χ1n) is 7.05. The van der Waals surface area contributed by atoms with E-state index in [-0.39, 0.29) is 18.1 Å². The molecule has 0 fully saturated rings. The maximum atomic E-state index is 12.8. The molecule has 0 spiro atoms. The van der Waals surface area contributed by atoms with Crippen molar-refractivity contribution in [1.29, 1.82) is 0 Å². The molecule has 4 nitrogen and oxygen atoms in total. The van der Waals surface area contributed by atoms with Crippen LogP contribution in [0.4, 0.5) is 4.39 Å². The van der Waals surface area contributed by atoms with Crippen molar-refractivity contribution in [3.05, 3.63) is 64.9 Å². The molecule has 23 heavy (non-hydrogen) atoms. The topological polar surface area (TPSA) is 54.4 Å². The van der Waals surface area contributed by atoms with Crippen LogP contribution >= 0.6 is 11.3 Å². The molecule has 0 atom stereocenters. The number of carbonyl (C=O) groups excluding carboxylic acids is 1. The highest BCUT2D eigenvalue weighted by Crippen LogP contribution is 2.21. The number of benzene rings is 2. The fourth-order valence-electron chi connectivity index (χ4n) is 2.05. The van der Waals surface area contributed by atoms with Gasteiger partial charge in [0.25, 0.3) is 0 Å². The van der Waals surface area contributed by atoms with Gasteiger partial charge in [0.15, 0.2) is 0 Å². The summed E-state index contributed by atoms with van der Waals surface area (Å²) in [6.07, 6.45) is 0.150. The van der Waals surface area contributed by atoms with Crippen LogP contribution in [-0.2, 0) is 11.2 Å². The Bertz CT molecular complexity index is 838. The van der Waals surface area contributed by atoms with E-state index in [2.05, 4.69) is 15.5 Å². The summed E-state index contributed by atoms with van der Waals surface area (Å²) in [5.41, 5.74) is 4.81. The third-order valence-corrected chi connectivity index (χ3v) is 4.37. The molecule has 0 radical (unpaired) electrons. The Labute approximate surface area is 136 Å². The van der Waals surface area contributed by atoms with Gasteiger partial charge in [0.1, 0.15) is 10.8 Å². The van der Waals surface area contributed by atoms with Crippen molar-refractivity contribution >= 4 is 33.2 Å². The molecule has 1 aromatic heterocycles. The highest BCUT2D eigenvalue weighted by Gasteiger charge is 2.07. The number of fused-ring (bicyclic) bond motifs is 1. The lowest BCUT2D eigenvalue weighted by atomic mass is 10.1. The summed E-state index contributed by atoms with van der Waals surface area (Å²) in [6.45, 7) is 1.80. The molecule has 0 aliphatic rings. The molecule has 2 aromatic carbocycles. The lowest BCUT2D eigenvalue weighted by molar-refractivity contribution is -0.120. The van der Waals surface area contributed by atoms with Gasteiger partial charge in [0.2, 0.25) is 5.91 Å². The molecule has 0 aliphatic heterocycles. The third kappa shape index (κ3) is 3.78. The maximum Gasteiger partial charge on any atom is 0.244 e. The molecular formula is C17H14FN3OS. The Kier molecular flexibility index (Phi) is 4.43. The molecule has 0 saturated carbocycles. The molecule has 0 unspecified atom stereocenters. The number of amides is 1. The molecular weight excluding hydrogens is 313 g/mol. The smallest absolute Gasteiger partial charge is 0.244 e. The van der Waals surface area contributed by atoms with E-state index >= 15 is 0 Å². The van der Waals surface area contributed by atoms with E-state index in [1.165, 1.54) is 23.5 Å². The van der Waals surface area contributed by atoms with Gasteiger partial charge in [-0.05, 0) is 36.8 Å². The summed E-state index contributed by atoms with van der Waals surface area (Å²) in [7, 11) is 0. The first-order chi connectivity index (χ1) is 11.1. The predicted octanol–water partition coefficient (Wildman–Crippen LogP) is 3.52. The van der Waals surface area contributed by atoms with Crippen LogP contribution in [0.25, 0.3) is 10.2 Å². The average Bonchev–Trinajstić information content (AvgIpc) is 2.99. The van der Waals surface area contributed by atoms with Gasteiger partial charge in [-0.2, -0.15) is 5.10 Å². The number of hydrogen-bond acceptors (Lipinski definition) is 4. The predicted molar refractivity (Wildman–Crippen MR) is 90.1 cm³/mol. The zero-order chi connectivity index (χ0) is 16.2. The summed E-state index contributed by atoms with van der Waals surface area (Å²) in [4.78, 5) is 16.4. The second kappa shape index (κ2) is 6.66. The number of nitrogens with zero attached hydrogens (tertiary/aromatic N) is 2. The third-order valence-electron chi connectivity index (χ3n) is 3.23. The monoisotopic (exact) mass is 327 g/mol. The van der Waals surface area contributed by atoms with Gasteiger partial charge < -0.3 is 0 Å². The van der Waals surface area contributed by atoms with E-state index in [9.17, 15) is 9.18 Å². The number of rotatable bonds is 4. The van der Waals surface area contributed by atoms with Gasteiger partial charge in [-0.25, -0.2) is 14.8 Å². The maximum absolute atomic E-state index is 12.8. The van der Waals surface area contributed by atoms with Crippen molar-refractivity contribution < 1.29 is 9.18 Å². The number of carbonyl (C=O) groups is 1. The number of halogens is 1. The summed E-state index contributed by atoms with van der Waals surface area (Å²) in [6, 6.07) is 13.7. The lowest BCUT2D eigenvalue weighted by Gasteiger charge is -2.01. The molecule has 1 N–H and O–H groups in total. The molecule has 3 rings (SSSR count). The Morgan fingerprint density at radius 1 is 1.22 bits per heavy atom. The van der Waals surface area contributed by atoms with Crippen LogP contribution in [0.5, 0.6) is 0 Å². The van der Waals surface area contributed by atoms with Crippen LogP contribution in [0.3, 0.4) is 0 Å². The average molecular weight is 327 g/mol. The van der Waals surface area contributed by atoms with Crippen molar-refractivity contribution in [3.63, 3.8) is 0 Å². The fraction of sp³-hybridized carbons (Fsp3) is 0.118. The Morgan fingerprint density at radius 3 is 2.70 bits per heavy atom. The van der Waals surface area contributed by atoms with Crippen LogP contribution in [-0.4, -0.2) is 16.6 Å². The minimum Gasteiger partial charge on any atom is -0.273 e. The van der Waals surface area contributed by atoms with Crippen molar-refractivity contribution in [2.45, 2.75) is 13.3 Å². The number of nitrogens with one attached hydrogen (secondary N) is 1. The number of hydrazone groups is 1. The first-order valence-corrected chi connectivity index (χ1v) is 7.87. The minimum atomic E-state index is -0.321. The molecule has 0 aliphatic carbocycles. The van der Waals surface area contributed by atoms with Gasteiger partial charge in [0.05, 0.1) is 22.3 Å². The molecule has 0 bridgehead atoms. The minimum absolute atomic E-state index is 0.150. The van der Waals surface area contributed by atoms with Crippen molar-refractivity contribution in [1.82, 2.24) is 10.4 Å². The van der Waals surface area contributed by atoms with Crippen LogP contribution in [0.1, 0.15) is 17.5 Å². The number of thiazole rings is 1. The van der Waals surface area contributed by atoms with E-state index in [1.54, 1.807) is 19.1 Å². The van der Waals surface area contributed by atoms with Gasteiger partial charge in [-0.3, -0.25) is 4.79 Å². The Morgan fingerprint density at radius 2 is 1.96 bits per heavy atom. The molecule has 0 saturated heterocycles. The van der Waals surface area contributed by atoms with Gasteiger partial charge in [-0.1, -0.05) is 24.3 Å². The van der Waals surface area contributed by atoms with Crippen LogP contribution < -0.4 is 5.43 Å². The van der Waals surface area contributed by atoms with E-state index in [0.29, 0.717) is 5.71 Å². The van der Waals surface area contributed by atoms with Crippen LogP contribution in [0.15, 0.2) is 53.6 Å². The summed E-state index contributed by atoms with van der Waals surface area (Å²) < 4.78 is 13.9. The van der Waals surface area contributed by atoms with Crippen LogP contribution in [0, 0.1) is 5.82 Å². The molecule has 1 amide bonds. The van der Waals surface area contributed by atoms with E-state index < -0.39 is 0 Å². The summed E-state index contributed by atoms with van der Waals surface area (Å²) in [5, 5.41) is 4.87. The summed E-state index contributed by atoms with van der Waals surface area (Å²) >= 11 is 1.53. The highest BCUT2D eigenvalue weighted by atomic mass is 32.1. The van der Waals surface area contributed by atoms with Crippen molar-refractivity contribution in [2.75, 3.05) is 0 Å². The second-order valence-electron chi connectivity index (χ2n) is 5.02. The largest absolute Gasteiger partial charge is 0.273 e. The number of aromatic nitrogens is 1. The van der Waals surface area contributed by atoms with Gasteiger partial charge >= 0.3 is 0 Å². The SMILES string of the molecule is C/C(=N/NC(=O)Cc1ccc(F)cc1)c1nc2ccccc2s1. The number of para-hydroxylation sites is 1. The molecule has 116 valence electrons. The Balaban J connectivity index is 1.66. The standard InChI is InChI=1S/C17H14FN3OS/c1-11(17-19-14-4-2-3-5-15(14)23-17)20-21-16(22)10-12-6-8-13(18)9-7-12/h2-9H,10H2,1H3,(H,21,22)/b20-11-. The Hall–Kier alpha value is -2.60. The van der Waals surface area contributed by atoms with E-state index in [0.717, 1.165) is 20.8 Å². The fourth-order valence-corrected chi connectivity index (χ4v) is 2.96. The second-order valence-corrected chi connectivity index (χ2v) is 6.05. The zero-order valence-corrected chi connectivity index (χ0v) is 13.2. The number of hydrogen-bond donors (Lipinski definition) is 1. The quantitative estimate of drug-likeness (QED) is 0.589. The van der Waals surface area contributed by atoms with Crippen molar-refractivity contribution in [3.8, 4) is 0 Å². The van der Waals surface area contributed by atoms with Crippen LogP contribution in [0.2, 0.25) is 0 Å². The van der Waals surface area contributed by atoms with Gasteiger partial charge in [0, 0.05) is 0 Å². The zero-order valence-electron chi connectivity index (χ0n) is 12.4. The lowest BCUT2D eigenvalue weighted by Crippen LogP contribution is -2.21. The molecule has 3 aromatic rings. The first kappa shape index (κ1) is 15.3.